The van der Waals surface area contributed by atoms with E-state index in [2.05, 4.69) is 22.5 Å². The smallest absolute Gasteiger partial charge is 0.351 e. The van der Waals surface area contributed by atoms with Crippen molar-refractivity contribution in [2.75, 3.05) is 74.7 Å². The van der Waals surface area contributed by atoms with Gasteiger partial charge in [0.1, 0.15) is 35.1 Å². The SMILES string of the molecule is CC[C@H]1OC(=O)[C@H](C)[C@@H](OC2C[C@@](C)(OC)[C@](O)(CNCCNCCC(=O)OC3(C(=O)OC)[C@H](C)CC4C5CCC6=CC(=O)C=C[C@]6(C)[C@@]5(F)[C@@H](O)C[C@@]43C)[C@H](C)O2)[C@H](C)[C@@H](OC2O[C@H](C)C[C@H](N(C)CC)[C@H]2O)[C@](C)(OC)C[C@@H](C)CN(C)[C@H](C)[C@@H](O)[C@]1(C)O. The van der Waals surface area contributed by atoms with Crippen LogP contribution in [0.15, 0.2) is 23.8 Å². The lowest BCUT2D eigenvalue weighted by Gasteiger charge is -2.62. The van der Waals surface area contributed by atoms with Gasteiger partial charge in [0.25, 0.3) is 0 Å². The van der Waals surface area contributed by atoms with Gasteiger partial charge in [-0.1, -0.05) is 53.2 Å². The predicted molar refractivity (Wildman–Crippen MR) is 337 cm³/mol. The molecule has 91 heavy (non-hydrogen) atoms. The Kier molecular flexibility index (Phi) is 23.9. The number of aliphatic hydroxyl groups excluding tert-OH is 3. The molecular weight excluding hydrogens is 1180 g/mol. The first-order chi connectivity index (χ1) is 42.4. The lowest BCUT2D eigenvalue weighted by molar-refractivity contribution is -0.337. The summed E-state index contributed by atoms with van der Waals surface area (Å²) in [6.07, 6.45) is -4.12. The molecule has 0 bridgehead atoms. The van der Waals surface area contributed by atoms with Gasteiger partial charge in [0.2, 0.25) is 5.60 Å². The van der Waals surface area contributed by atoms with Gasteiger partial charge in [0.05, 0.1) is 55.6 Å². The summed E-state index contributed by atoms with van der Waals surface area (Å²) in [6.45, 7) is 27.4. The number of fused-ring (bicyclic) bond motifs is 5. The Morgan fingerprint density at radius 2 is 1.54 bits per heavy atom. The predicted octanol–water partition coefficient (Wildman–Crippen LogP) is 4.96. The number of aliphatic hydroxyl groups is 5. The van der Waals surface area contributed by atoms with Gasteiger partial charge in [-0.2, -0.15) is 0 Å². The van der Waals surface area contributed by atoms with Crippen molar-refractivity contribution in [3.63, 3.8) is 0 Å². The molecule has 22 nitrogen and oxygen atoms in total. The van der Waals surface area contributed by atoms with Gasteiger partial charge in [0, 0.05) is 94.0 Å². The van der Waals surface area contributed by atoms with Crippen LogP contribution in [0.5, 0.6) is 0 Å². The monoisotopic (exact) mass is 1290 g/mol. The van der Waals surface area contributed by atoms with Crippen molar-refractivity contribution < 1.29 is 91.7 Å². The zero-order valence-electron chi connectivity index (χ0n) is 58.0. The molecule has 4 aliphatic carbocycles. The first-order valence-corrected chi connectivity index (χ1v) is 33.6. The van der Waals surface area contributed by atoms with Gasteiger partial charge in [-0.25, -0.2) is 9.18 Å². The van der Waals surface area contributed by atoms with Crippen LogP contribution < -0.4 is 10.6 Å². The number of rotatable bonds is 19. The Hall–Kier alpha value is -3.11. The molecule has 3 saturated carbocycles. The van der Waals surface area contributed by atoms with E-state index < -0.39 is 153 Å². The second-order valence-corrected chi connectivity index (χ2v) is 29.5. The molecule has 6 fully saturated rings. The zero-order chi connectivity index (χ0) is 67.9. The van der Waals surface area contributed by atoms with E-state index in [1.165, 1.54) is 33.3 Å². The van der Waals surface area contributed by atoms with Crippen LogP contribution >= 0.6 is 0 Å². The van der Waals surface area contributed by atoms with Crippen LogP contribution in [0.25, 0.3) is 0 Å². The molecule has 3 aliphatic heterocycles. The summed E-state index contributed by atoms with van der Waals surface area (Å²) in [5, 5.41) is 67.2. The number of alkyl halides is 1. The van der Waals surface area contributed by atoms with E-state index in [0.29, 0.717) is 63.9 Å². The maximum atomic E-state index is 17.9. The van der Waals surface area contributed by atoms with E-state index in [-0.39, 0.29) is 62.6 Å². The lowest BCUT2D eigenvalue weighted by atomic mass is 9.44. The summed E-state index contributed by atoms with van der Waals surface area (Å²) in [7, 11) is 8.15. The van der Waals surface area contributed by atoms with E-state index in [4.69, 9.17) is 42.6 Å². The summed E-state index contributed by atoms with van der Waals surface area (Å²) in [4.78, 5) is 59.4. The van der Waals surface area contributed by atoms with E-state index in [1.807, 2.05) is 60.5 Å². The molecule has 0 aromatic rings. The molecule has 7 N–H and O–H groups in total. The number of likely N-dealkylation sites (N-methyl/N-ethyl adjacent to an activating group) is 2. The average molecular weight is 1300 g/mol. The van der Waals surface area contributed by atoms with Gasteiger partial charge >= 0.3 is 17.9 Å². The van der Waals surface area contributed by atoms with Crippen LogP contribution in [0.1, 0.15) is 155 Å². The van der Waals surface area contributed by atoms with Crippen molar-refractivity contribution in [1.29, 1.82) is 0 Å². The van der Waals surface area contributed by atoms with Crippen molar-refractivity contribution in [2.45, 2.75) is 262 Å². The average Bonchev–Trinajstić information content (AvgIpc) is 1.61. The Morgan fingerprint density at radius 1 is 0.868 bits per heavy atom. The van der Waals surface area contributed by atoms with E-state index in [9.17, 15) is 44.7 Å². The number of hydrogen-bond acceptors (Lipinski definition) is 22. The number of nitrogens with one attached hydrogen (secondary N) is 2. The molecule has 0 spiro atoms. The van der Waals surface area contributed by atoms with Gasteiger partial charge in [-0.05, 0) is 145 Å². The number of allylic oxidation sites excluding steroid dienone is 4. The van der Waals surface area contributed by atoms with Gasteiger partial charge in [-0.15, -0.1) is 0 Å². The number of cyclic esters (lactones) is 1. The molecule has 7 rings (SSSR count). The minimum atomic E-state index is -2.14. The highest BCUT2D eigenvalue weighted by atomic mass is 19.1. The highest BCUT2D eigenvalue weighted by molar-refractivity contribution is 6.01. The minimum Gasteiger partial charge on any atom is -0.466 e. The van der Waals surface area contributed by atoms with Gasteiger partial charge in [-0.3, -0.25) is 14.4 Å². The van der Waals surface area contributed by atoms with Gasteiger partial charge in [0.15, 0.2) is 24.0 Å². The maximum Gasteiger partial charge on any atom is 0.351 e. The normalized spacial score (nSPS) is 46.9. The Balaban J connectivity index is 1.05. The fraction of sp³-hybridized carbons (Fsp3) is 0.882. The molecule has 7 aliphatic rings. The van der Waals surface area contributed by atoms with Crippen LogP contribution in [-0.2, 0) is 61.8 Å². The summed E-state index contributed by atoms with van der Waals surface area (Å²) >= 11 is 0. The molecule has 0 amide bonds. The van der Waals surface area contributed by atoms with Crippen LogP contribution in [0.4, 0.5) is 4.39 Å². The Labute approximate surface area is 540 Å². The second kappa shape index (κ2) is 28.9. The molecule has 522 valence electrons. The number of carbonyl (C=O) groups excluding carboxylic acids is 4. The van der Waals surface area contributed by atoms with Crippen molar-refractivity contribution in [3.8, 4) is 0 Å². The summed E-state index contributed by atoms with van der Waals surface area (Å²) < 4.78 is 75.9. The van der Waals surface area contributed by atoms with Crippen LogP contribution in [0.2, 0.25) is 0 Å². The van der Waals surface area contributed by atoms with Crippen molar-refractivity contribution in [2.24, 2.45) is 46.3 Å². The maximum absolute atomic E-state index is 17.9. The number of ketones is 1. The summed E-state index contributed by atoms with van der Waals surface area (Å²) in [5.74, 6) is -6.01. The molecule has 0 aromatic heterocycles. The number of carbonyl (C=O) groups is 4. The number of nitrogens with zero attached hydrogens (tertiary/aromatic N) is 2. The third-order valence-corrected chi connectivity index (χ3v) is 23.9. The number of esters is 3. The van der Waals surface area contributed by atoms with Crippen molar-refractivity contribution in [1.82, 2.24) is 20.4 Å². The molecule has 3 heterocycles. The molecule has 3 saturated heterocycles. The van der Waals surface area contributed by atoms with Crippen LogP contribution in [0.3, 0.4) is 0 Å². The van der Waals surface area contributed by atoms with Crippen molar-refractivity contribution in [3.05, 3.63) is 23.8 Å². The molecular formula is C68H115FN4O18. The third-order valence-electron chi connectivity index (χ3n) is 23.9. The first kappa shape index (κ1) is 75.3. The molecule has 26 atom stereocenters. The fourth-order valence-corrected chi connectivity index (χ4v) is 17.8. The standard InChI is InChI=1S/C68H115FN4O18/c1-20-51-65(14,81)56(78)43(8)73(16)36-38(3)33-63(12,84-18)57(90-59-54(77)49(72(15)21-2)31-40(5)86-59)41(6)55(42(7)58(79)88-51)89-53-35-64(13,85-19)66(82,44(9)87-53)37-71-29-28-70-27-25-52(76)91-68(60(80)83-17)39(4)30-48-47-23-22-45-32-46(74)24-26-61(45,10)67(47,69)50(75)34-62(48,68)11/h24,26,32,38-44,47-51,53-57,59,70-71,75,77-78,81-82H,20-23,25,27-31,33-37H2,1-19H3/t38-,39-,40-,41+,42-,43-,44+,47?,48?,49+,50+,51-,53?,54-,55+,56-,57-,59?,61+,62+,63-,64-,65-,66+,67+,68?/m1/s1. The topological polar surface area (TPSA) is 283 Å². The number of hydrogen-bond donors (Lipinski definition) is 7. The summed E-state index contributed by atoms with van der Waals surface area (Å²) in [6, 6.07) is -0.858. The number of halogens is 1. The summed E-state index contributed by atoms with van der Waals surface area (Å²) in [5.41, 5.74) is -11.7. The van der Waals surface area contributed by atoms with Crippen molar-refractivity contribution >= 4 is 23.7 Å². The third kappa shape index (κ3) is 13.7. The van der Waals surface area contributed by atoms with E-state index in [1.54, 1.807) is 54.7 Å². The Bertz CT molecular complexity index is 2600. The van der Waals surface area contributed by atoms with Gasteiger partial charge < -0.3 is 88.6 Å². The van der Waals surface area contributed by atoms with Crippen LogP contribution in [-0.4, -0.2) is 241 Å². The van der Waals surface area contributed by atoms with Crippen LogP contribution in [0, 0.1) is 46.3 Å². The first-order valence-electron chi connectivity index (χ1n) is 33.6. The largest absolute Gasteiger partial charge is 0.466 e. The minimum absolute atomic E-state index is 0.0103. The number of ether oxygens (including phenoxy) is 9. The Morgan fingerprint density at radius 3 is 2.16 bits per heavy atom. The highest BCUT2D eigenvalue weighted by Crippen LogP contribution is 2.71. The quantitative estimate of drug-likeness (QED) is 0.0511. The number of methoxy groups -OCH3 is 3. The second-order valence-electron chi connectivity index (χ2n) is 29.5. The zero-order valence-corrected chi connectivity index (χ0v) is 58.0. The molecule has 23 heteroatoms. The molecule has 0 aromatic carbocycles. The highest BCUT2D eigenvalue weighted by Gasteiger charge is 2.78. The fourth-order valence-electron chi connectivity index (χ4n) is 17.8. The lowest BCUT2D eigenvalue weighted by Crippen LogP contribution is -2.70. The molecule has 0 radical (unpaired) electrons. The van der Waals surface area contributed by atoms with E-state index >= 15 is 4.39 Å². The molecule has 5 unspecified atom stereocenters. The van der Waals surface area contributed by atoms with E-state index in [0.717, 1.165) is 0 Å².